The Kier molecular flexibility index (Phi) is 4.98. The normalized spacial score (nSPS) is 26.0. The molecule has 9 heteroatoms. The number of amides is 1. The zero-order valence-corrected chi connectivity index (χ0v) is 17.1. The molecule has 5 rings (SSSR count). The summed E-state index contributed by atoms with van der Waals surface area (Å²) in [7, 11) is 1.66. The standard InChI is InChI=1S/C21H26N6O3/c1-25-20(28)11-15-12-26(8-7-17(15)23-25)21(29)14-4-2-5-16(10-14)27-13-18(22-24-27)19-6-3-9-30-19/h2,5,11,13-14,16,19H,3-4,6-10,12H2,1H3/t14-,16-,19?/m1/s1. The van der Waals surface area contributed by atoms with E-state index in [1.54, 1.807) is 13.1 Å². The van der Waals surface area contributed by atoms with Gasteiger partial charge in [0.05, 0.1) is 17.9 Å². The number of carbonyl (C=O) groups excluding carboxylic acids is 1. The van der Waals surface area contributed by atoms with Gasteiger partial charge in [0.25, 0.3) is 5.56 Å². The number of ether oxygens (including phenoxy) is 1. The summed E-state index contributed by atoms with van der Waals surface area (Å²) in [6.07, 6.45) is 10.3. The monoisotopic (exact) mass is 410 g/mol. The van der Waals surface area contributed by atoms with Crippen LogP contribution in [0.2, 0.25) is 0 Å². The molecule has 1 fully saturated rings. The molecule has 0 bridgehead atoms. The van der Waals surface area contributed by atoms with E-state index >= 15 is 0 Å². The number of allylic oxidation sites excluding steroid dienone is 2. The molecule has 1 aliphatic carbocycles. The Morgan fingerprint density at radius 2 is 2.23 bits per heavy atom. The highest BCUT2D eigenvalue weighted by Gasteiger charge is 2.32. The van der Waals surface area contributed by atoms with Crippen LogP contribution in [0.1, 0.15) is 54.8 Å². The van der Waals surface area contributed by atoms with E-state index in [1.807, 2.05) is 15.8 Å². The molecule has 0 spiro atoms. The van der Waals surface area contributed by atoms with Crippen molar-refractivity contribution >= 4 is 5.91 Å². The van der Waals surface area contributed by atoms with Crippen molar-refractivity contribution in [3.8, 4) is 0 Å². The quantitative estimate of drug-likeness (QED) is 0.708. The minimum absolute atomic E-state index is 0.0152. The molecule has 2 aliphatic heterocycles. The average molecular weight is 410 g/mol. The fourth-order valence-electron chi connectivity index (χ4n) is 4.61. The maximum absolute atomic E-state index is 13.2. The highest BCUT2D eigenvalue weighted by atomic mass is 16.5. The first-order chi connectivity index (χ1) is 14.6. The van der Waals surface area contributed by atoms with Gasteiger partial charge in [-0.15, -0.1) is 5.10 Å². The van der Waals surface area contributed by atoms with Crippen molar-refractivity contribution in [1.82, 2.24) is 29.7 Å². The summed E-state index contributed by atoms with van der Waals surface area (Å²) in [4.78, 5) is 27.0. The number of aromatic nitrogens is 5. The van der Waals surface area contributed by atoms with Crippen LogP contribution in [0.15, 0.2) is 29.2 Å². The fraction of sp³-hybridized carbons (Fsp3) is 0.571. The number of hydrogen-bond acceptors (Lipinski definition) is 6. The molecular formula is C21H26N6O3. The van der Waals surface area contributed by atoms with Crippen molar-refractivity contribution in [2.75, 3.05) is 13.2 Å². The van der Waals surface area contributed by atoms with E-state index in [-0.39, 0.29) is 29.5 Å². The van der Waals surface area contributed by atoms with Crippen LogP contribution in [0, 0.1) is 5.92 Å². The summed E-state index contributed by atoms with van der Waals surface area (Å²) in [5.41, 5.74) is 2.50. The largest absolute Gasteiger partial charge is 0.372 e. The molecule has 30 heavy (non-hydrogen) atoms. The Labute approximate surface area is 174 Å². The Morgan fingerprint density at radius 1 is 1.33 bits per heavy atom. The highest BCUT2D eigenvalue weighted by molar-refractivity contribution is 5.79. The molecule has 4 heterocycles. The molecule has 1 unspecified atom stereocenters. The van der Waals surface area contributed by atoms with Crippen molar-refractivity contribution in [2.24, 2.45) is 13.0 Å². The SMILES string of the molecule is Cn1nc2c(cc1=O)CN(C(=O)[C@@H]1CC=C[C@@H](n3cc(C4CCCO4)nn3)C1)CC2. The first-order valence-electron chi connectivity index (χ1n) is 10.6. The lowest BCUT2D eigenvalue weighted by molar-refractivity contribution is -0.137. The lowest BCUT2D eigenvalue weighted by Gasteiger charge is -2.33. The smallest absolute Gasteiger partial charge is 0.266 e. The molecule has 9 nitrogen and oxygen atoms in total. The third-order valence-electron chi connectivity index (χ3n) is 6.33. The van der Waals surface area contributed by atoms with Crippen LogP contribution < -0.4 is 5.56 Å². The maximum Gasteiger partial charge on any atom is 0.266 e. The molecule has 0 radical (unpaired) electrons. The topological polar surface area (TPSA) is 95.1 Å². The summed E-state index contributed by atoms with van der Waals surface area (Å²) >= 11 is 0. The molecule has 158 valence electrons. The van der Waals surface area contributed by atoms with Gasteiger partial charge in [0, 0.05) is 50.7 Å². The third-order valence-corrected chi connectivity index (χ3v) is 6.33. The number of rotatable bonds is 3. The van der Waals surface area contributed by atoms with E-state index in [0.29, 0.717) is 25.9 Å². The molecule has 3 atom stereocenters. The summed E-state index contributed by atoms with van der Waals surface area (Å²) in [5.74, 6) is 0.0339. The van der Waals surface area contributed by atoms with Crippen LogP contribution in [0.4, 0.5) is 0 Å². The molecule has 3 aliphatic rings. The average Bonchev–Trinajstić information content (AvgIpc) is 3.46. The van der Waals surface area contributed by atoms with E-state index in [2.05, 4.69) is 27.6 Å². The Balaban J connectivity index is 1.27. The summed E-state index contributed by atoms with van der Waals surface area (Å²) in [6, 6.07) is 1.62. The van der Waals surface area contributed by atoms with Crippen LogP contribution in [0.3, 0.4) is 0 Å². The first kappa shape index (κ1) is 19.2. The zero-order chi connectivity index (χ0) is 20.7. The van der Waals surface area contributed by atoms with Gasteiger partial charge < -0.3 is 9.64 Å². The zero-order valence-electron chi connectivity index (χ0n) is 17.1. The molecule has 0 N–H and O–H groups in total. The predicted octanol–water partition coefficient (Wildman–Crippen LogP) is 1.32. The van der Waals surface area contributed by atoms with Crippen LogP contribution in [-0.4, -0.2) is 48.7 Å². The van der Waals surface area contributed by atoms with Gasteiger partial charge in [-0.3, -0.25) is 9.59 Å². The van der Waals surface area contributed by atoms with Gasteiger partial charge in [-0.25, -0.2) is 9.36 Å². The molecule has 2 aromatic rings. The third kappa shape index (κ3) is 3.58. The molecular weight excluding hydrogens is 384 g/mol. The number of carbonyl (C=O) groups is 1. The summed E-state index contributed by atoms with van der Waals surface area (Å²) < 4.78 is 8.91. The van der Waals surface area contributed by atoms with Crippen molar-refractivity contribution < 1.29 is 9.53 Å². The predicted molar refractivity (Wildman–Crippen MR) is 107 cm³/mol. The second-order valence-corrected chi connectivity index (χ2v) is 8.38. The number of aryl methyl sites for hydroxylation is 1. The highest BCUT2D eigenvalue weighted by Crippen LogP contribution is 2.31. The van der Waals surface area contributed by atoms with Gasteiger partial charge in [0.2, 0.25) is 5.91 Å². The van der Waals surface area contributed by atoms with Gasteiger partial charge in [0.15, 0.2) is 0 Å². The second-order valence-electron chi connectivity index (χ2n) is 8.38. The summed E-state index contributed by atoms with van der Waals surface area (Å²) in [5, 5.41) is 12.9. The van der Waals surface area contributed by atoms with Crippen LogP contribution in [0.5, 0.6) is 0 Å². The van der Waals surface area contributed by atoms with E-state index in [0.717, 1.165) is 42.8 Å². The maximum atomic E-state index is 13.2. The summed E-state index contributed by atoms with van der Waals surface area (Å²) in [6.45, 7) is 1.86. The fourth-order valence-corrected chi connectivity index (χ4v) is 4.61. The Bertz CT molecular complexity index is 1040. The molecule has 1 amide bonds. The van der Waals surface area contributed by atoms with Crippen LogP contribution >= 0.6 is 0 Å². The van der Waals surface area contributed by atoms with E-state index in [9.17, 15) is 9.59 Å². The van der Waals surface area contributed by atoms with E-state index < -0.39 is 0 Å². The molecule has 0 saturated carbocycles. The molecule has 0 aromatic carbocycles. The van der Waals surface area contributed by atoms with Crippen LogP contribution in [-0.2, 0) is 29.5 Å². The van der Waals surface area contributed by atoms with Crippen molar-refractivity contribution in [3.63, 3.8) is 0 Å². The number of fused-ring (bicyclic) bond motifs is 1. The van der Waals surface area contributed by atoms with Crippen molar-refractivity contribution in [1.29, 1.82) is 0 Å². The van der Waals surface area contributed by atoms with Gasteiger partial charge in [0.1, 0.15) is 11.8 Å². The van der Waals surface area contributed by atoms with Gasteiger partial charge in [-0.1, -0.05) is 17.4 Å². The van der Waals surface area contributed by atoms with Gasteiger partial charge >= 0.3 is 0 Å². The minimum Gasteiger partial charge on any atom is -0.372 e. The molecule has 2 aromatic heterocycles. The minimum atomic E-state index is -0.142. The number of hydrogen-bond donors (Lipinski definition) is 0. The Morgan fingerprint density at radius 3 is 3.07 bits per heavy atom. The number of nitrogens with zero attached hydrogens (tertiary/aromatic N) is 6. The Hall–Kier alpha value is -2.81. The molecule has 1 saturated heterocycles. The first-order valence-corrected chi connectivity index (χ1v) is 10.6. The van der Waals surface area contributed by atoms with Gasteiger partial charge in [-0.05, 0) is 25.7 Å². The lowest BCUT2D eigenvalue weighted by Crippen LogP contribution is -2.42. The second kappa shape index (κ2) is 7.79. The van der Waals surface area contributed by atoms with Gasteiger partial charge in [-0.2, -0.15) is 5.10 Å². The van der Waals surface area contributed by atoms with E-state index in [1.165, 1.54) is 4.68 Å². The van der Waals surface area contributed by atoms with Crippen molar-refractivity contribution in [2.45, 2.75) is 50.8 Å². The van der Waals surface area contributed by atoms with Crippen LogP contribution in [0.25, 0.3) is 0 Å². The lowest BCUT2D eigenvalue weighted by atomic mass is 9.89. The van der Waals surface area contributed by atoms with Crippen molar-refractivity contribution in [3.05, 3.63) is 51.7 Å². The van der Waals surface area contributed by atoms with E-state index in [4.69, 9.17) is 4.74 Å².